The third-order valence-corrected chi connectivity index (χ3v) is 8.55. The number of hydrogen-bond acceptors (Lipinski definition) is 5. The van der Waals surface area contributed by atoms with Crippen molar-refractivity contribution in [2.24, 2.45) is 5.92 Å². The summed E-state index contributed by atoms with van der Waals surface area (Å²) in [6.07, 6.45) is 1.27. The number of nitrogens with one attached hydrogen (secondary N) is 1. The summed E-state index contributed by atoms with van der Waals surface area (Å²) in [7, 11) is -3.91. The normalized spacial score (nSPS) is 11.9. The fraction of sp³-hybridized carbons (Fsp3) is 0.257. The van der Waals surface area contributed by atoms with E-state index in [2.05, 4.69) is 5.32 Å². The Morgan fingerprint density at radius 3 is 2.00 bits per heavy atom. The van der Waals surface area contributed by atoms with Gasteiger partial charge < -0.3 is 15.0 Å². The fourth-order valence-corrected chi connectivity index (χ4v) is 5.75. The number of benzene rings is 4. The van der Waals surface area contributed by atoms with Crippen molar-refractivity contribution in [1.82, 2.24) is 10.2 Å². The molecular weight excluding hydrogens is 610 g/mol. The number of ether oxygens (including phenoxy) is 1. The van der Waals surface area contributed by atoms with E-state index in [1.165, 1.54) is 4.90 Å². The van der Waals surface area contributed by atoms with E-state index in [-0.39, 0.29) is 30.5 Å². The van der Waals surface area contributed by atoms with Gasteiger partial charge in [-0.25, -0.2) is 8.42 Å². The predicted octanol–water partition coefficient (Wildman–Crippen LogP) is 6.31. The molecule has 0 aliphatic carbocycles. The molecular formula is C35H38ClN3O5S. The fourth-order valence-electron chi connectivity index (χ4n) is 4.71. The SMILES string of the molecule is CC(C)CNC(=O)[C@H](Cc1ccccc1)N(Cc1ccccc1Cl)C(=O)CN(c1ccc(Oc2ccccc2)cc1)S(C)(=O)=O. The van der Waals surface area contributed by atoms with E-state index in [0.717, 1.165) is 16.1 Å². The van der Waals surface area contributed by atoms with Crippen molar-refractivity contribution in [3.8, 4) is 11.5 Å². The minimum atomic E-state index is -3.91. The van der Waals surface area contributed by atoms with Crippen LogP contribution in [0.3, 0.4) is 0 Å². The Morgan fingerprint density at radius 1 is 0.822 bits per heavy atom. The molecule has 10 heteroatoms. The van der Waals surface area contributed by atoms with Crippen molar-refractivity contribution in [1.29, 1.82) is 0 Å². The van der Waals surface area contributed by atoms with E-state index in [1.807, 2.05) is 74.5 Å². The largest absolute Gasteiger partial charge is 0.457 e. The molecule has 236 valence electrons. The first-order chi connectivity index (χ1) is 21.5. The Kier molecular flexibility index (Phi) is 11.6. The molecule has 0 bridgehead atoms. The molecule has 45 heavy (non-hydrogen) atoms. The lowest BCUT2D eigenvalue weighted by molar-refractivity contribution is -0.140. The summed E-state index contributed by atoms with van der Waals surface area (Å²) in [5, 5.41) is 3.40. The molecule has 0 saturated carbocycles. The molecule has 8 nitrogen and oxygen atoms in total. The molecule has 0 aliphatic heterocycles. The number of nitrogens with zero attached hydrogens (tertiary/aromatic N) is 2. The van der Waals surface area contributed by atoms with Gasteiger partial charge in [0.1, 0.15) is 24.1 Å². The molecule has 4 aromatic rings. The summed E-state index contributed by atoms with van der Waals surface area (Å²) in [4.78, 5) is 29.4. The summed E-state index contributed by atoms with van der Waals surface area (Å²) in [5.41, 5.74) is 1.77. The molecule has 0 heterocycles. The lowest BCUT2D eigenvalue weighted by Crippen LogP contribution is -2.53. The van der Waals surface area contributed by atoms with Crippen LogP contribution in [0.25, 0.3) is 0 Å². The van der Waals surface area contributed by atoms with E-state index in [1.54, 1.807) is 48.5 Å². The molecule has 0 aliphatic rings. The Morgan fingerprint density at radius 2 is 1.40 bits per heavy atom. The second kappa shape index (κ2) is 15.6. The van der Waals surface area contributed by atoms with Crippen LogP contribution >= 0.6 is 11.6 Å². The molecule has 0 saturated heterocycles. The molecule has 0 fully saturated rings. The number of carbonyl (C=O) groups is 2. The Hall–Kier alpha value is -4.34. The van der Waals surface area contributed by atoms with Crippen molar-refractivity contribution in [2.45, 2.75) is 32.9 Å². The maximum Gasteiger partial charge on any atom is 0.244 e. The van der Waals surface area contributed by atoms with Gasteiger partial charge in [-0.2, -0.15) is 0 Å². The molecule has 2 amide bonds. The summed E-state index contributed by atoms with van der Waals surface area (Å²) in [5.74, 6) is 0.450. The maximum atomic E-state index is 14.2. The number of carbonyl (C=O) groups excluding carboxylic acids is 2. The van der Waals surface area contributed by atoms with Gasteiger partial charge in [0.25, 0.3) is 0 Å². The Balaban J connectivity index is 1.68. The van der Waals surface area contributed by atoms with Gasteiger partial charge in [-0.3, -0.25) is 13.9 Å². The van der Waals surface area contributed by atoms with E-state index in [0.29, 0.717) is 28.6 Å². The smallest absolute Gasteiger partial charge is 0.244 e. The quantitative estimate of drug-likeness (QED) is 0.173. The van der Waals surface area contributed by atoms with Crippen LogP contribution in [-0.2, 0) is 32.6 Å². The van der Waals surface area contributed by atoms with Crippen molar-refractivity contribution in [3.63, 3.8) is 0 Å². The first-order valence-corrected chi connectivity index (χ1v) is 16.9. The minimum Gasteiger partial charge on any atom is -0.457 e. The lowest BCUT2D eigenvalue weighted by Gasteiger charge is -2.34. The van der Waals surface area contributed by atoms with E-state index in [9.17, 15) is 18.0 Å². The van der Waals surface area contributed by atoms with Gasteiger partial charge in [-0.05, 0) is 59.5 Å². The second-order valence-corrected chi connectivity index (χ2v) is 13.5. The standard InChI is InChI=1S/C35H38ClN3O5S/c1-26(2)23-37-35(41)33(22-27-12-6-4-7-13-27)38(24-28-14-10-11-17-32(28)36)34(40)25-39(45(3,42)43)29-18-20-31(21-19-29)44-30-15-8-5-9-16-30/h4-21,26,33H,22-25H2,1-3H3,(H,37,41)/t33-/m0/s1. The zero-order valence-electron chi connectivity index (χ0n) is 25.6. The highest BCUT2D eigenvalue weighted by Crippen LogP contribution is 2.27. The van der Waals surface area contributed by atoms with Gasteiger partial charge in [0, 0.05) is 24.5 Å². The number of halogens is 1. The summed E-state index contributed by atoms with van der Waals surface area (Å²) in [6.45, 7) is 3.88. The van der Waals surface area contributed by atoms with Crippen LogP contribution in [0.4, 0.5) is 5.69 Å². The zero-order chi connectivity index (χ0) is 32.4. The highest BCUT2D eigenvalue weighted by molar-refractivity contribution is 7.92. The van der Waals surface area contributed by atoms with Crippen LogP contribution in [0, 0.1) is 5.92 Å². The van der Waals surface area contributed by atoms with E-state index < -0.39 is 28.5 Å². The van der Waals surface area contributed by atoms with Crippen molar-refractivity contribution in [2.75, 3.05) is 23.7 Å². The number of amides is 2. The highest BCUT2D eigenvalue weighted by atomic mass is 35.5. The summed E-state index contributed by atoms with van der Waals surface area (Å²) in [6, 6.07) is 31.2. The molecule has 4 aromatic carbocycles. The molecule has 0 unspecified atom stereocenters. The topological polar surface area (TPSA) is 96.0 Å². The highest BCUT2D eigenvalue weighted by Gasteiger charge is 2.33. The maximum absolute atomic E-state index is 14.2. The summed E-state index contributed by atoms with van der Waals surface area (Å²) < 4.78 is 33.0. The van der Waals surface area contributed by atoms with Crippen molar-refractivity contribution in [3.05, 3.63) is 125 Å². The van der Waals surface area contributed by atoms with Gasteiger partial charge in [-0.1, -0.05) is 92.2 Å². The molecule has 4 rings (SSSR count). The predicted molar refractivity (Wildman–Crippen MR) is 179 cm³/mol. The number of para-hydroxylation sites is 1. The van der Waals surface area contributed by atoms with Crippen LogP contribution in [0.5, 0.6) is 11.5 Å². The molecule has 0 radical (unpaired) electrons. The number of rotatable bonds is 14. The van der Waals surface area contributed by atoms with Gasteiger partial charge in [0.2, 0.25) is 21.8 Å². The third-order valence-electron chi connectivity index (χ3n) is 7.04. The Labute approximate surface area is 270 Å². The molecule has 0 aromatic heterocycles. The molecule has 1 N–H and O–H groups in total. The van der Waals surface area contributed by atoms with E-state index >= 15 is 0 Å². The minimum absolute atomic E-state index is 0.00651. The first kappa shape index (κ1) is 33.6. The number of sulfonamides is 1. The summed E-state index contributed by atoms with van der Waals surface area (Å²) >= 11 is 6.51. The van der Waals surface area contributed by atoms with E-state index in [4.69, 9.17) is 16.3 Å². The van der Waals surface area contributed by atoms with Crippen LogP contribution in [0.2, 0.25) is 5.02 Å². The van der Waals surface area contributed by atoms with Gasteiger partial charge in [0.15, 0.2) is 0 Å². The third kappa shape index (κ3) is 9.83. The molecule has 0 spiro atoms. The van der Waals surface area contributed by atoms with Crippen LogP contribution in [-0.4, -0.2) is 50.5 Å². The van der Waals surface area contributed by atoms with Crippen LogP contribution < -0.4 is 14.4 Å². The van der Waals surface area contributed by atoms with Crippen molar-refractivity contribution < 1.29 is 22.7 Å². The number of hydrogen-bond donors (Lipinski definition) is 1. The monoisotopic (exact) mass is 647 g/mol. The Bertz CT molecular complexity index is 1670. The van der Waals surface area contributed by atoms with Crippen LogP contribution in [0.1, 0.15) is 25.0 Å². The number of anilines is 1. The average molecular weight is 648 g/mol. The molecule has 1 atom stereocenters. The van der Waals surface area contributed by atoms with Gasteiger partial charge >= 0.3 is 0 Å². The van der Waals surface area contributed by atoms with Crippen molar-refractivity contribution >= 4 is 39.1 Å². The average Bonchev–Trinajstić information content (AvgIpc) is 3.02. The van der Waals surface area contributed by atoms with Gasteiger partial charge in [0.05, 0.1) is 11.9 Å². The van der Waals surface area contributed by atoms with Gasteiger partial charge in [-0.15, -0.1) is 0 Å². The second-order valence-electron chi connectivity index (χ2n) is 11.1. The van der Waals surface area contributed by atoms with Crippen LogP contribution in [0.15, 0.2) is 109 Å². The zero-order valence-corrected chi connectivity index (χ0v) is 27.2. The first-order valence-electron chi connectivity index (χ1n) is 14.7. The lowest BCUT2D eigenvalue weighted by atomic mass is 10.0.